The quantitative estimate of drug-likeness (QED) is 0.905. The molecule has 0 aromatic carbocycles. The SMILES string of the molecule is C[C@H]1C[C@H]1C(=O)N1CCN(C(=O)NCc2csc(C3CC3)n2)CC1. The van der Waals surface area contributed by atoms with Crippen LogP contribution in [0.2, 0.25) is 0 Å². The molecule has 6 nitrogen and oxygen atoms in total. The molecule has 7 heteroatoms. The van der Waals surface area contributed by atoms with E-state index in [0.717, 1.165) is 12.1 Å². The van der Waals surface area contributed by atoms with Gasteiger partial charge in [-0.2, -0.15) is 0 Å². The maximum absolute atomic E-state index is 12.3. The van der Waals surface area contributed by atoms with Crippen LogP contribution in [0.15, 0.2) is 5.38 Å². The Kier molecular flexibility index (Phi) is 4.20. The Bertz CT molecular complexity index is 634. The van der Waals surface area contributed by atoms with Gasteiger partial charge in [-0.3, -0.25) is 4.79 Å². The van der Waals surface area contributed by atoms with Crippen LogP contribution in [-0.4, -0.2) is 52.9 Å². The summed E-state index contributed by atoms with van der Waals surface area (Å²) < 4.78 is 0. The van der Waals surface area contributed by atoms with Gasteiger partial charge in [0, 0.05) is 43.4 Å². The van der Waals surface area contributed by atoms with Crippen molar-refractivity contribution < 1.29 is 9.59 Å². The lowest BCUT2D eigenvalue weighted by molar-refractivity contribution is -0.134. The third-order valence-corrected chi connectivity index (χ3v) is 6.28. The fourth-order valence-electron chi connectivity index (χ4n) is 3.23. The molecule has 2 atom stereocenters. The molecular formula is C17H24N4O2S. The molecule has 1 aromatic rings. The highest BCUT2D eigenvalue weighted by atomic mass is 32.1. The van der Waals surface area contributed by atoms with Crippen molar-refractivity contribution in [2.24, 2.45) is 11.8 Å². The van der Waals surface area contributed by atoms with Crippen LogP contribution in [-0.2, 0) is 11.3 Å². The number of carbonyl (C=O) groups excluding carboxylic acids is 2. The van der Waals surface area contributed by atoms with E-state index in [9.17, 15) is 9.59 Å². The van der Waals surface area contributed by atoms with E-state index in [2.05, 4.69) is 17.2 Å². The van der Waals surface area contributed by atoms with Crippen LogP contribution in [0.5, 0.6) is 0 Å². The molecule has 0 unspecified atom stereocenters. The van der Waals surface area contributed by atoms with Crippen LogP contribution in [0.3, 0.4) is 0 Å². The molecule has 3 aliphatic rings. The van der Waals surface area contributed by atoms with Gasteiger partial charge in [-0.15, -0.1) is 11.3 Å². The molecule has 130 valence electrons. The van der Waals surface area contributed by atoms with Crippen LogP contribution in [0.25, 0.3) is 0 Å². The number of aromatic nitrogens is 1. The molecule has 0 spiro atoms. The minimum atomic E-state index is -0.0529. The van der Waals surface area contributed by atoms with Gasteiger partial charge < -0.3 is 15.1 Å². The number of carbonyl (C=O) groups is 2. The zero-order valence-electron chi connectivity index (χ0n) is 14.0. The van der Waals surface area contributed by atoms with E-state index in [0.29, 0.717) is 44.6 Å². The lowest BCUT2D eigenvalue weighted by Gasteiger charge is -2.34. The van der Waals surface area contributed by atoms with Gasteiger partial charge in [0.15, 0.2) is 0 Å². The normalized spacial score (nSPS) is 26.4. The molecule has 4 rings (SSSR count). The smallest absolute Gasteiger partial charge is 0.317 e. The minimum Gasteiger partial charge on any atom is -0.339 e. The number of piperazine rings is 1. The van der Waals surface area contributed by atoms with E-state index < -0.39 is 0 Å². The lowest BCUT2D eigenvalue weighted by Crippen LogP contribution is -2.53. The summed E-state index contributed by atoms with van der Waals surface area (Å²) in [7, 11) is 0. The largest absolute Gasteiger partial charge is 0.339 e. The van der Waals surface area contributed by atoms with Crippen molar-refractivity contribution in [3.8, 4) is 0 Å². The Hall–Kier alpha value is -1.63. The third kappa shape index (κ3) is 3.41. The highest BCUT2D eigenvalue weighted by Gasteiger charge is 2.42. The highest BCUT2D eigenvalue weighted by molar-refractivity contribution is 7.09. The number of hydrogen-bond donors (Lipinski definition) is 1. The van der Waals surface area contributed by atoms with E-state index in [1.54, 1.807) is 16.2 Å². The van der Waals surface area contributed by atoms with E-state index in [1.165, 1.54) is 17.8 Å². The Morgan fingerprint density at radius 2 is 1.92 bits per heavy atom. The van der Waals surface area contributed by atoms with Crippen molar-refractivity contribution >= 4 is 23.3 Å². The van der Waals surface area contributed by atoms with Gasteiger partial charge in [0.1, 0.15) is 0 Å². The average Bonchev–Trinajstić information content (AvgIpc) is 3.52. The maximum atomic E-state index is 12.3. The van der Waals surface area contributed by atoms with Gasteiger partial charge in [-0.05, 0) is 25.2 Å². The van der Waals surface area contributed by atoms with Crippen LogP contribution >= 0.6 is 11.3 Å². The standard InChI is InChI=1S/C17H24N4O2S/c1-11-8-14(11)16(22)20-4-6-21(7-5-20)17(23)18-9-13-10-24-15(19-13)12-2-3-12/h10-12,14H,2-9H2,1H3,(H,18,23)/t11-,14+/m0/s1. The van der Waals surface area contributed by atoms with Crippen molar-refractivity contribution in [2.75, 3.05) is 26.2 Å². The first kappa shape index (κ1) is 15.9. The molecule has 3 amide bonds. The summed E-state index contributed by atoms with van der Waals surface area (Å²) in [6.07, 6.45) is 3.53. The van der Waals surface area contributed by atoms with Crippen LogP contribution < -0.4 is 5.32 Å². The zero-order chi connectivity index (χ0) is 16.7. The summed E-state index contributed by atoms with van der Waals surface area (Å²) in [5, 5.41) is 6.21. The van der Waals surface area contributed by atoms with Crippen molar-refractivity contribution in [1.29, 1.82) is 0 Å². The summed E-state index contributed by atoms with van der Waals surface area (Å²) in [4.78, 5) is 32.8. The van der Waals surface area contributed by atoms with Gasteiger partial charge in [-0.1, -0.05) is 6.92 Å². The fraction of sp³-hybridized carbons (Fsp3) is 0.706. The first-order valence-corrected chi connectivity index (χ1v) is 9.75. The highest BCUT2D eigenvalue weighted by Crippen LogP contribution is 2.41. The van der Waals surface area contributed by atoms with Crippen LogP contribution in [0.1, 0.15) is 42.8 Å². The zero-order valence-corrected chi connectivity index (χ0v) is 14.8. The second kappa shape index (κ2) is 6.35. The molecule has 1 saturated heterocycles. The van der Waals surface area contributed by atoms with Crippen molar-refractivity contribution in [3.63, 3.8) is 0 Å². The summed E-state index contributed by atoms with van der Waals surface area (Å²) in [6.45, 7) is 5.14. The van der Waals surface area contributed by atoms with Crippen LogP contribution in [0, 0.1) is 11.8 Å². The molecule has 0 radical (unpaired) electrons. The lowest BCUT2D eigenvalue weighted by atomic mass is 10.2. The molecular weight excluding hydrogens is 324 g/mol. The molecule has 2 heterocycles. The number of thiazole rings is 1. The van der Waals surface area contributed by atoms with E-state index >= 15 is 0 Å². The monoisotopic (exact) mass is 348 g/mol. The number of rotatable bonds is 4. The third-order valence-electron chi connectivity index (χ3n) is 5.22. The molecule has 0 bridgehead atoms. The van der Waals surface area contributed by atoms with Crippen molar-refractivity contribution in [2.45, 2.75) is 38.6 Å². The average molecular weight is 348 g/mol. The number of nitrogens with zero attached hydrogens (tertiary/aromatic N) is 3. The molecule has 1 aromatic heterocycles. The Balaban J connectivity index is 1.21. The van der Waals surface area contributed by atoms with Gasteiger partial charge in [0.2, 0.25) is 5.91 Å². The molecule has 3 fully saturated rings. The predicted octanol–water partition coefficient (Wildman–Crippen LogP) is 2.03. The van der Waals surface area contributed by atoms with Gasteiger partial charge in [0.05, 0.1) is 17.2 Å². The Morgan fingerprint density at radius 3 is 2.54 bits per heavy atom. The van der Waals surface area contributed by atoms with Crippen LogP contribution in [0.4, 0.5) is 4.79 Å². The van der Waals surface area contributed by atoms with E-state index in [4.69, 9.17) is 0 Å². The van der Waals surface area contributed by atoms with Gasteiger partial charge in [-0.25, -0.2) is 9.78 Å². The van der Waals surface area contributed by atoms with E-state index in [-0.39, 0.29) is 17.9 Å². The van der Waals surface area contributed by atoms with Gasteiger partial charge >= 0.3 is 6.03 Å². The van der Waals surface area contributed by atoms with Gasteiger partial charge in [0.25, 0.3) is 0 Å². The number of urea groups is 1. The van der Waals surface area contributed by atoms with E-state index in [1.807, 2.05) is 10.3 Å². The number of nitrogens with one attached hydrogen (secondary N) is 1. The predicted molar refractivity (Wildman–Crippen MR) is 91.7 cm³/mol. The molecule has 1 aliphatic heterocycles. The summed E-state index contributed by atoms with van der Waals surface area (Å²) >= 11 is 1.70. The number of hydrogen-bond acceptors (Lipinski definition) is 4. The fourth-order valence-corrected chi connectivity index (χ4v) is 4.22. The van der Waals surface area contributed by atoms with Crippen molar-refractivity contribution in [1.82, 2.24) is 20.1 Å². The summed E-state index contributed by atoms with van der Waals surface area (Å²) in [5.74, 6) is 1.71. The Labute approximate surface area is 146 Å². The molecule has 24 heavy (non-hydrogen) atoms. The molecule has 1 N–H and O–H groups in total. The second-order valence-electron chi connectivity index (χ2n) is 7.24. The maximum Gasteiger partial charge on any atom is 0.317 e. The van der Waals surface area contributed by atoms with Crippen molar-refractivity contribution in [3.05, 3.63) is 16.1 Å². The summed E-state index contributed by atoms with van der Waals surface area (Å²) in [6, 6.07) is -0.0529. The Morgan fingerprint density at radius 1 is 1.25 bits per heavy atom. The second-order valence-corrected chi connectivity index (χ2v) is 8.13. The first-order chi connectivity index (χ1) is 11.6. The topological polar surface area (TPSA) is 65.5 Å². The summed E-state index contributed by atoms with van der Waals surface area (Å²) in [5.41, 5.74) is 0.951. The molecule has 2 aliphatic carbocycles. The minimum absolute atomic E-state index is 0.0529. The number of amides is 3. The first-order valence-electron chi connectivity index (χ1n) is 8.87. The molecule has 2 saturated carbocycles.